The van der Waals surface area contributed by atoms with Crippen LogP contribution in [-0.2, 0) is 0 Å². The fourth-order valence-electron chi connectivity index (χ4n) is 1.70. The second-order valence-corrected chi connectivity index (χ2v) is 3.56. The van der Waals surface area contributed by atoms with Gasteiger partial charge in [-0.25, -0.2) is 4.98 Å². The lowest BCUT2D eigenvalue weighted by molar-refractivity contribution is 0.183. The number of benzene rings is 1. The highest BCUT2D eigenvalue weighted by atomic mass is 16.4. The number of imidazole rings is 1. The number of hydrogen-bond donors (Lipinski definition) is 2. The molecule has 3 rings (SSSR count). The van der Waals surface area contributed by atoms with E-state index in [1.165, 1.54) is 0 Å². The molecule has 0 aliphatic heterocycles. The Morgan fingerprint density at radius 3 is 2.94 bits per heavy atom. The van der Waals surface area contributed by atoms with Crippen molar-refractivity contribution >= 4 is 11.0 Å². The zero-order valence-corrected chi connectivity index (χ0v) is 8.42. The van der Waals surface area contributed by atoms with Crippen molar-refractivity contribution in [1.82, 2.24) is 9.97 Å². The maximum Gasteiger partial charge on any atom is 0.169 e. The van der Waals surface area contributed by atoms with Crippen LogP contribution in [0.15, 0.2) is 47.1 Å². The zero-order chi connectivity index (χ0) is 11.0. The van der Waals surface area contributed by atoms with Gasteiger partial charge in [-0.2, -0.15) is 0 Å². The Balaban J connectivity index is 2.06. The minimum absolute atomic E-state index is 0.485. The number of H-pyrrole nitrogens is 1. The van der Waals surface area contributed by atoms with Gasteiger partial charge in [0.2, 0.25) is 0 Å². The maximum atomic E-state index is 9.99. The Hall–Kier alpha value is -2.07. The third-order valence-corrected chi connectivity index (χ3v) is 2.49. The molecule has 0 radical (unpaired) electrons. The minimum Gasteiger partial charge on any atom is -0.458 e. The first kappa shape index (κ1) is 9.18. The van der Waals surface area contributed by atoms with Crippen molar-refractivity contribution in [2.75, 3.05) is 0 Å². The number of aliphatic hydroxyl groups is 1. The fraction of sp³-hybridized carbons (Fsp3) is 0.0833. The average molecular weight is 214 g/mol. The van der Waals surface area contributed by atoms with E-state index < -0.39 is 6.10 Å². The number of aromatic amines is 1. The summed E-state index contributed by atoms with van der Waals surface area (Å²) >= 11 is 0. The molecular weight excluding hydrogens is 204 g/mol. The van der Waals surface area contributed by atoms with Crippen LogP contribution in [0.5, 0.6) is 0 Å². The molecule has 2 aromatic heterocycles. The Kier molecular flexibility index (Phi) is 2.01. The van der Waals surface area contributed by atoms with Gasteiger partial charge in [0, 0.05) is 17.8 Å². The Labute approximate surface area is 91.6 Å². The summed E-state index contributed by atoms with van der Waals surface area (Å²) in [5.74, 6) is 0.982. The summed E-state index contributed by atoms with van der Waals surface area (Å²) in [6.45, 7) is 0. The fourth-order valence-corrected chi connectivity index (χ4v) is 1.70. The number of nitrogens with zero attached hydrogens (tertiary/aromatic N) is 1. The summed E-state index contributed by atoms with van der Waals surface area (Å²) in [6.07, 6.45) is 2.42. The summed E-state index contributed by atoms with van der Waals surface area (Å²) in [4.78, 5) is 6.86. The molecule has 80 valence electrons. The summed E-state index contributed by atoms with van der Waals surface area (Å²) in [6, 6.07) is 9.46. The number of aliphatic hydroxyl groups excluding tert-OH is 1. The van der Waals surface area contributed by atoms with Crippen LogP contribution < -0.4 is 0 Å². The molecule has 1 unspecified atom stereocenters. The maximum absolute atomic E-state index is 9.99. The lowest BCUT2D eigenvalue weighted by Crippen LogP contribution is -1.99. The van der Waals surface area contributed by atoms with Crippen LogP contribution in [0, 0.1) is 0 Å². The molecule has 4 heteroatoms. The van der Waals surface area contributed by atoms with Gasteiger partial charge in [-0.05, 0) is 12.1 Å². The molecule has 0 bridgehead atoms. The van der Waals surface area contributed by atoms with E-state index in [-0.39, 0.29) is 0 Å². The highest BCUT2D eigenvalue weighted by molar-refractivity contribution is 5.77. The van der Waals surface area contributed by atoms with Gasteiger partial charge >= 0.3 is 0 Å². The van der Waals surface area contributed by atoms with E-state index in [9.17, 15) is 5.11 Å². The predicted molar refractivity (Wildman–Crippen MR) is 58.9 cm³/mol. The predicted octanol–water partition coefficient (Wildman–Crippen LogP) is 2.24. The summed E-state index contributed by atoms with van der Waals surface area (Å²) < 4.78 is 5.54. The zero-order valence-electron chi connectivity index (χ0n) is 8.42. The van der Waals surface area contributed by atoms with Gasteiger partial charge in [0.15, 0.2) is 6.10 Å². The van der Waals surface area contributed by atoms with Crippen molar-refractivity contribution in [1.29, 1.82) is 0 Å². The number of para-hydroxylation sites is 1. The van der Waals surface area contributed by atoms with Gasteiger partial charge in [0.05, 0.1) is 0 Å². The average Bonchev–Trinajstić information content (AvgIpc) is 2.97. The topological polar surface area (TPSA) is 62.1 Å². The van der Waals surface area contributed by atoms with E-state index >= 15 is 0 Å². The first-order valence-electron chi connectivity index (χ1n) is 5.00. The van der Waals surface area contributed by atoms with Gasteiger partial charge in [0.1, 0.15) is 17.2 Å². The minimum atomic E-state index is -0.845. The monoisotopic (exact) mass is 214 g/mol. The van der Waals surface area contributed by atoms with Crippen LogP contribution in [0.3, 0.4) is 0 Å². The molecule has 0 amide bonds. The van der Waals surface area contributed by atoms with Crippen molar-refractivity contribution in [2.24, 2.45) is 0 Å². The molecule has 0 aliphatic rings. The van der Waals surface area contributed by atoms with Crippen molar-refractivity contribution in [2.45, 2.75) is 6.10 Å². The molecule has 0 aliphatic carbocycles. The van der Waals surface area contributed by atoms with E-state index in [1.807, 2.05) is 30.3 Å². The largest absolute Gasteiger partial charge is 0.458 e. The van der Waals surface area contributed by atoms with Gasteiger partial charge in [-0.15, -0.1) is 0 Å². The highest BCUT2D eigenvalue weighted by Crippen LogP contribution is 2.26. The van der Waals surface area contributed by atoms with Gasteiger partial charge in [-0.3, -0.25) is 0 Å². The van der Waals surface area contributed by atoms with Gasteiger partial charge in [0.25, 0.3) is 0 Å². The molecule has 2 heterocycles. The molecule has 0 saturated heterocycles. The van der Waals surface area contributed by atoms with Crippen LogP contribution in [0.1, 0.15) is 17.7 Å². The molecule has 0 spiro atoms. The van der Waals surface area contributed by atoms with Gasteiger partial charge in [-0.1, -0.05) is 18.2 Å². The Morgan fingerprint density at radius 2 is 2.19 bits per heavy atom. The number of fused-ring (bicyclic) bond motifs is 1. The SMILES string of the molecule is OC(c1ncc[nH]1)c1cc2ccccc2o1. The number of furan rings is 1. The number of rotatable bonds is 2. The quantitative estimate of drug-likeness (QED) is 0.687. The van der Waals surface area contributed by atoms with Crippen molar-refractivity contribution in [3.63, 3.8) is 0 Å². The third-order valence-electron chi connectivity index (χ3n) is 2.49. The first-order valence-corrected chi connectivity index (χ1v) is 5.00. The molecule has 16 heavy (non-hydrogen) atoms. The van der Waals surface area contributed by atoms with Crippen molar-refractivity contribution in [3.8, 4) is 0 Å². The van der Waals surface area contributed by atoms with Crippen LogP contribution >= 0.6 is 0 Å². The molecule has 2 N–H and O–H groups in total. The van der Waals surface area contributed by atoms with E-state index in [1.54, 1.807) is 12.4 Å². The summed E-state index contributed by atoms with van der Waals surface area (Å²) in [5, 5.41) is 11.0. The first-order chi connectivity index (χ1) is 7.84. The van der Waals surface area contributed by atoms with E-state index in [4.69, 9.17) is 4.42 Å². The van der Waals surface area contributed by atoms with E-state index in [0.717, 1.165) is 11.0 Å². The van der Waals surface area contributed by atoms with Crippen LogP contribution in [0.2, 0.25) is 0 Å². The van der Waals surface area contributed by atoms with Crippen LogP contribution in [0.4, 0.5) is 0 Å². The van der Waals surface area contributed by atoms with Crippen molar-refractivity contribution in [3.05, 3.63) is 54.3 Å². The standard InChI is InChI=1S/C12H10N2O2/c15-11(12-13-5-6-14-12)10-7-8-3-1-2-4-9(8)16-10/h1-7,11,15H,(H,13,14). The Bertz CT molecular complexity index is 565. The number of hydrogen-bond acceptors (Lipinski definition) is 3. The second kappa shape index (κ2) is 3.50. The summed E-state index contributed by atoms with van der Waals surface area (Å²) in [5.41, 5.74) is 0.767. The molecular formula is C12H10N2O2. The third kappa shape index (κ3) is 1.40. The Morgan fingerprint density at radius 1 is 1.31 bits per heavy atom. The molecule has 0 saturated carbocycles. The number of aromatic nitrogens is 2. The normalized spacial score (nSPS) is 13.1. The lowest BCUT2D eigenvalue weighted by Gasteiger charge is -2.02. The van der Waals surface area contributed by atoms with Gasteiger partial charge < -0.3 is 14.5 Å². The summed E-state index contributed by atoms with van der Waals surface area (Å²) in [7, 11) is 0. The lowest BCUT2D eigenvalue weighted by atomic mass is 10.2. The molecule has 1 atom stereocenters. The van der Waals surface area contributed by atoms with Crippen LogP contribution in [-0.4, -0.2) is 15.1 Å². The molecule has 4 nitrogen and oxygen atoms in total. The highest BCUT2D eigenvalue weighted by Gasteiger charge is 2.17. The smallest absolute Gasteiger partial charge is 0.169 e. The van der Waals surface area contributed by atoms with Crippen molar-refractivity contribution < 1.29 is 9.52 Å². The van der Waals surface area contributed by atoms with E-state index in [2.05, 4.69) is 9.97 Å². The van der Waals surface area contributed by atoms with Crippen LogP contribution in [0.25, 0.3) is 11.0 Å². The molecule has 3 aromatic rings. The number of nitrogens with one attached hydrogen (secondary N) is 1. The molecule has 1 aromatic carbocycles. The molecule has 0 fully saturated rings. The van der Waals surface area contributed by atoms with E-state index in [0.29, 0.717) is 11.6 Å². The second-order valence-electron chi connectivity index (χ2n) is 3.56.